The summed E-state index contributed by atoms with van der Waals surface area (Å²) in [4.78, 5) is 15.2. The number of hydrogen-bond acceptors (Lipinski definition) is 5. The summed E-state index contributed by atoms with van der Waals surface area (Å²) in [6.45, 7) is 0. The van der Waals surface area contributed by atoms with Crippen molar-refractivity contribution in [1.29, 1.82) is 0 Å². The van der Waals surface area contributed by atoms with E-state index in [2.05, 4.69) is 4.98 Å². The second-order valence-electron chi connectivity index (χ2n) is 6.30. The number of nitrogens with zero attached hydrogens (tertiary/aromatic N) is 2. The molecule has 0 amide bonds. The van der Waals surface area contributed by atoms with E-state index in [0.717, 1.165) is 16.0 Å². The molecule has 0 aliphatic carbocycles. The zero-order valence-electron chi connectivity index (χ0n) is 14.5. The van der Waals surface area contributed by atoms with Crippen molar-refractivity contribution in [2.45, 2.75) is 23.6 Å². The van der Waals surface area contributed by atoms with Gasteiger partial charge in [0.2, 0.25) is 4.34 Å². The van der Waals surface area contributed by atoms with Crippen LogP contribution in [0.5, 0.6) is 0 Å². The minimum atomic E-state index is -3.94. The number of carbonyl (C=O) groups is 1. The Morgan fingerprint density at radius 1 is 1.18 bits per heavy atom. The summed E-state index contributed by atoms with van der Waals surface area (Å²) < 4.78 is 28.9. The van der Waals surface area contributed by atoms with Crippen LogP contribution >= 0.6 is 22.9 Å². The van der Waals surface area contributed by atoms with Crippen LogP contribution in [0.1, 0.15) is 18.5 Å². The van der Waals surface area contributed by atoms with E-state index in [9.17, 15) is 13.2 Å². The predicted molar refractivity (Wildman–Crippen MR) is 110 cm³/mol. The summed E-state index contributed by atoms with van der Waals surface area (Å²) >= 11 is 7.18. The molecule has 0 spiro atoms. The van der Waals surface area contributed by atoms with Crippen molar-refractivity contribution >= 4 is 60.0 Å². The van der Waals surface area contributed by atoms with E-state index >= 15 is 0 Å². The molecule has 0 unspecified atom stereocenters. The zero-order valence-corrected chi connectivity index (χ0v) is 16.9. The molecular formula is C19H15ClN2O4S2. The summed E-state index contributed by atoms with van der Waals surface area (Å²) in [5.74, 6) is -0.917. The summed E-state index contributed by atoms with van der Waals surface area (Å²) in [6.07, 6.45) is 0.598. The van der Waals surface area contributed by atoms with Gasteiger partial charge in [-0.2, -0.15) is 8.42 Å². The third kappa shape index (κ3) is 3.39. The van der Waals surface area contributed by atoms with Crippen LogP contribution in [0.4, 0.5) is 0 Å². The average Bonchev–Trinajstić information content (AvgIpc) is 3.22. The summed E-state index contributed by atoms with van der Waals surface area (Å²) in [7, 11) is -3.94. The lowest BCUT2D eigenvalue weighted by atomic mass is 10.2. The van der Waals surface area contributed by atoms with Gasteiger partial charge in [-0.3, -0.25) is 4.79 Å². The van der Waals surface area contributed by atoms with Gasteiger partial charge in [-0.25, -0.2) is 8.96 Å². The second-order valence-corrected chi connectivity index (χ2v) is 9.73. The quantitative estimate of drug-likeness (QED) is 0.481. The van der Waals surface area contributed by atoms with Gasteiger partial charge in [-0.15, -0.1) is 11.3 Å². The van der Waals surface area contributed by atoms with Crippen LogP contribution in [0, 0.1) is 0 Å². The highest BCUT2D eigenvalue weighted by Gasteiger charge is 2.26. The molecular weight excluding hydrogens is 420 g/mol. The number of carboxylic acid groups (broad SMARTS) is 1. The Labute approximate surface area is 170 Å². The fourth-order valence-electron chi connectivity index (χ4n) is 3.14. The highest BCUT2D eigenvalue weighted by Crippen LogP contribution is 2.32. The highest BCUT2D eigenvalue weighted by atomic mass is 35.5. The number of rotatable bonds is 6. The maximum atomic E-state index is 13.4. The monoisotopic (exact) mass is 434 g/mol. The van der Waals surface area contributed by atoms with Crippen molar-refractivity contribution in [1.82, 2.24) is 8.96 Å². The van der Waals surface area contributed by atoms with Crippen LogP contribution in [0.3, 0.4) is 0 Å². The number of halogens is 1. The molecule has 0 saturated heterocycles. The maximum absolute atomic E-state index is 13.4. The van der Waals surface area contributed by atoms with Crippen LogP contribution in [-0.4, -0.2) is 28.5 Å². The number of fused-ring (bicyclic) bond motifs is 2. The number of aromatic nitrogens is 2. The summed E-state index contributed by atoms with van der Waals surface area (Å²) in [5, 5.41) is 10.1. The van der Waals surface area contributed by atoms with Crippen LogP contribution in [-0.2, 0) is 21.2 Å². The predicted octanol–water partition coefficient (Wildman–Crippen LogP) is 4.55. The minimum absolute atomic E-state index is 0.000588. The Kier molecular flexibility index (Phi) is 4.86. The number of thiazole rings is 1. The third-order valence-electron chi connectivity index (χ3n) is 4.35. The van der Waals surface area contributed by atoms with E-state index < -0.39 is 16.0 Å². The zero-order chi connectivity index (χ0) is 19.9. The molecule has 0 atom stereocenters. The smallest absolute Gasteiger partial charge is 0.303 e. The van der Waals surface area contributed by atoms with Gasteiger partial charge in [0.15, 0.2) is 0 Å². The van der Waals surface area contributed by atoms with E-state index in [1.165, 1.54) is 3.97 Å². The van der Waals surface area contributed by atoms with E-state index in [1.807, 2.05) is 18.2 Å². The van der Waals surface area contributed by atoms with Crippen molar-refractivity contribution in [3.05, 3.63) is 59.2 Å². The van der Waals surface area contributed by atoms with Crippen LogP contribution in [0.2, 0.25) is 5.02 Å². The number of benzene rings is 2. The number of carboxylic acids is 1. The molecule has 1 N–H and O–H groups in total. The molecule has 0 bridgehead atoms. The van der Waals surface area contributed by atoms with Gasteiger partial charge < -0.3 is 5.11 Å². The first-order chi connectivity index (χ1) is 13.4. The fraction of sp³-hybridized carbons (Fsp3) is 0.158. The van der Waals surface area contributed by atoms with Gasteiger partial charge in [-0.1, -0.05) is 23.7 Å². The van der Waals surface area contributed by atoms with Gasteiger partial charge in [0.05, 0.1) is 15.7 Å². The van der Waals surface area contributed by atoms with Crippen molar-refractivity contribution in [3.63, 3.8) is 0 Å². The molecule has 0 saturated carbocycles. The van der Waals surface area contributed by atoms with Crippen LogP contribution in [0.15, 0.2) is 52.9 Å². The van der Waals surface area contributed by atoms with Crippen molar-refractivity contribution in [3.8, 4) is 0 Å². The SMILES string of the molecule is O=C(O)CCCc1cc2cc(Cl)ccc2n1S(=O)(=O)c1nc2ccccc2s1. The Hall–Kier alpha value is -2.42. The second kappa shape index (κ2) is 7.20. The Balaban J connectivity index is 1.88. The number of aryl methyl sites for hydroxylation is 1. The molecule has 28 heavy (non-hydrogen) atoms. The number of hydrogen-bond donors (Lipinski definition) is 1. The van der Waals surface area contributed by atoms with E-state index in [0.29, 0.717) is 40.0 Å². The van der Waals surface area contributed by atoms with E-state index in [-0.39, 0.29) is 10.8 Å². The van der Waals surface area contributed by atoms with Crippen molar-refractivity contribution in [2.24, 2.45) is 0 Å². The molecule has 0 radical (unpaired) electrons. The first-order valence-electron chi connectivity index (χ1n) is 8.49. The van der Waals surface area contributed by atoms with E-state index in [1.54, 1.807) is 30.3 Å². The van der Waals surface area contributed by atoms with Crippen molar-refractivity contribution < 1.29 is 18.3 Å². The van der Waals surface area contributed by atoms with Crippen LogP contribution in [0.25, 0.3) is 21.1 Å². The molecule has 144 valence electrons. The molecule has 4 aromatic rings. The van der Waals surface area contributed by atoms with Crippen LogP contribution < -0.4 is 0 Å². The molecule has 2 aromatic carbocycles. The summed E-state index contributed by atoms with van der Waals surface area (Å²) in [6, 6.07) is 14.0. The molecule has 2 heterocycles. The minimum Gasteiger partial charge on any atom is -0.481 e. The maximum Gasteiger partial charge on any atom is 0.303 e. The lowest BCUT2D eigenvalue weighted by molar-refractivity contribution is -0.137. The Bertz CT molecular complexity index is 1280. The highest BCUT2D eigenvalue weighted by molar-refractivity contribution is 7.92. The molecule has 9 heteroatoms. The van der Waals surface area contributed by atoms with Gasteiger partial charge >= 0.3 is 5.97 Å². The van der Waals surface area contributed by atoms with Gasteiger partial charge in [-0.05, 0) is 49.2 Å². The number of para-hydroxylation sites is 1. The standard InChI is InChI=1S/C19H15ClN2O4S2/c20-13-8-9-16-12(10-13)11-14(4-3-7-18(23)24)22(16)28(25,26)19-21-15-5-1-2-6-17(15)27-19/h1-2,5-6,8-11H,3-4,7H2,(H,23,24). The Morgan fingerprint density at radius 2 is 1.96 bits per heavy atom. The van der Waals surface area contributed by atoms with Gasteiger partial charge in [0.1, 0.15) is 0 Å². The molecule has 6 nitrogen and oxygen atoms in total. The fourth-order valence-corrected chi connectivity index (χ4v) is 6.18. The number of aliphatic carboxylic acids is 1. The average molecular weight is 435 g/mol. The molecule has 0 fully saturated rings. The largest absolute Gasteiger partial charge is 0.481 e. The normalized spacial score (nSPS) is 12.0. The molecule has 2 aromatic heterocycles. The molecule has 0 aliphatic heterocycles. The Morgan fingerprint density at radius 3 is 2.71 bits per heavy atom. The summed E-state index contributed by atoms with van der Waals surface area (Å²) in [5.41, 5.74) is 1.63. The molecule has 0 aliphatic rings. The first kappa shape index (κ1) is 18.9. The van der Waals surface area contributed by atoms with Crippen molar-refractivity contribution in [2.75, 3.05) is 0 Å². The third-order valence-corrected chi connectivity index (χ3v) is 7.74. The lowest BCUT2D eigenvalue weighted by Crippen LogP contribution is -2.15. The first-order valence-corrected chi connectivity index (χ1v) is 11.1. The topological polar surface area (TPSA) is 89.3 Å². The van der Waals surface area contributed by atoms with E-state index in [4.69, 9.17) is 16.7 Å². The van der Waals surface area contributed by atoms with Gasteiger partial charge in [0.25, 0.3) is 10.0 Å². The lowest BCUT2D eigenvalue weighted by Gasteiger charge is -2.09. The molecule has 4 rings (SSSR count). The van der Waals surface area contributed by atoms with Gasteiger partial charge in [0, 0.05) is 22.5 Å².